The summed E-state index contributed by atoms with van der Waals surface area (Å²) in [4.78, 5) is 38.7. The van der Waals surface area contributed by atoms with Crippen molar-refractivity contribution in [3.05, 3.63) is 42.2 Å². The average Bonchev–Trinajstić information content (AvgIpc) is 3.36. The molecule has 188 valence electrons. The van der Waals surface area contributed by atoms with E-state index in [9.17, 15) is 14.4 Å². The Bertz CT molecular complexity index is 1020. The molecular formula is C25H34N6O4. The normalized spacial score (nSPS) is 17.0. The molecule has 1 saturated carbocycles. The number of benzene rings is 1. The third kappa shape index (κ3) is 6.74. The smallest absolute Gasteiger partial charge is 0.358 e. The van der Waals surface area contributed by atoms with Gasteiger partial charge in [0.15, 0.2) is 5.69 Å². The van der Waals surface area contributed by atoms with Crippen LogP contribution in [-0.2, 0) is 4.74 Å². The lowest BCUT2D eigenvalue weighted by Gasteiger charge is -2.33. The van der Waals surface area contributed by atoms with Gasteiger partial charge in [0.2, 0.25) is 0 Å². The molecule has 2 aromatic rings. The summed E-state index contributed by atoms with van der Waals surface area (Å²) in [5.74, 6) is -0.472. The SMILES string of the molecule is CCOC(=O)c1ccn(-c2cccc(NC(=O)N3CCC(NC(=O)NC4CCCCC4)CC3)c2)n1. The van der Waals surface area contributed by atoms with Gasteiger partial charge in [-0.15, -0.1) is 0 Å². The number of ether oxygens (including phenoxy) is 1. The van der Waals surface area contributed by atoms with Gasteiger partial charge in [-0.3, -0.25) is 0 Å². The third-order valence-corrected chi connectivity index (χ3v) is 6.49. The van der Waals surface area contributed by atoms with E-state index in [1.54, 1.807) is 40.9 Å². The number of nitrogens with zero attached hydrogens (tertiary/aromatic N) is 3. The zero-order chi connectivity index (χ0) is 24.6. The summed E-state index contributed by atoms with van der Waals surface area (Å²) in [6, 6.07) is 8.93. The van der Waals surface area contributed by atoms with E-state index in [4.69, 9.17) is 4.74 Å². The van der Waals surface area contributed by atoms with Crippen molar-refractivity contribution in [3.8, 4) is 5.69 Å². The van der Waals surface area contributed by atoms with Gasteiger partial charge in [-0.1, -0.05) is 25.3 Å². The first-order valence-electron chi connectivity index (χ1n) is 12.5. The predicted octanol–water partition coefficient (Wildman–Crippen LogP) is 3.68. The highest BCUT2D eigenvalue weighted by Crippen LogP contribution is 2.19. The van der Waals surface area contributed by atoms with Crippen LogP contribution in [0.25, 0.3) is 5.69 Å². The second-order valence-electron chi connectivity index (χ2n) is 9.06. The van der Waals surface area contributed by atoms with Crippen molar-refractivity contribution in [2.24, 2.45) is 0 Å². The monoisotopic (exact) mass is 482 g/mol. The van der Waals surface area contributed by atoms with Gasteiger partial charge in [0.1, 0.15) is 0 Å². The summed E-state index contributed by atoms with van der Waals surface area (Å²) in [7, 11) is 0. The minimum atomic E-state index is -0.472. The number of anilines is 1. The fourth-order valence-corrected chi connectivity index (χ4v) is 4.60. The van der Waals surface area contributed by atoms with Crippen LogP contribution in [0.4, 0.5) is 15.3 Å². The van der Waals surface area contributed by atoms with E-state index in [0.29, 0.717) is 24.5 Å². The number of urea groups is 2. The van der Waals surface area contributed by atoms with Crippen molar-refractivity contribution in [2.75, 3.05) is 25.0 Å². The van der Waals surface area contributed by atoms with Gasteiger partial charge < -0.3 is 25.6 Å². The van der Waals surface area contributed by atoms with Gasteiger partial charge in [0.25, 0.3) is 0 Å². The highest BCUT2D eigenvalue weighted by atomic mass is 16.5. The number of hydrogen-bond donors (Lipinski definition) is 3. The minimum absolute atomic E-state index is 0.0689. The Morgan fingerprint density at radius 1 is 1.00 bits per heavy atom. The second-order valence-corrected chi connectivity index (χ2v) is 9.06. The molecule has 1 aromatic heterocycles. The van der Waals surface area contributed by atoms with Crippen molar-refractivity contribution in [1.82, 2.24) is 25.3 Å². The molecule has 0 unspecified atom stereocenters. The Labute approximate surface area is 205 Å². The maximum Gasteiger partial charge on any atom is 0.358 e. The van der Waals surface area contributed by atoms with Crippen LogP contribution in [0.1, 0.15) is 62.4 Å². The van der Waals surface area contributed by atoms with E-state index in [1.807, 2.05) is 12.1 Å². The molecule has 0 spiro atoms. The van der Waals surface area contributed by atoms with Crippen molar-refractivity contribution in [3.63, 3.8) is 0 Å². The summed E-state index contributed by atoms with van der Waals surface area (Å²) in [6.07, 6.45) is 8.83. The summed E-state index contributed by atoms with van der Waals surface area (Å²) in [5, 5.41) is 13.4. The number of likely N-dealkylation sites (tertiary alicyclic amines) is 1. The van der Waals surface area contributed by atoms with Crippen LogP contribution in [0.2, 0.25) is 0 Å². The first kappa shape index (κ1) is 24.6. The summed E-state index contributed by atoms with van der Waals surface area (Å²) in [5.41, 5.74) is 1.57. The molecular weight excluding hydrogens is 448 g/mol. The zero-order valence-electron chi connectivity index (χ0n) is 20.2. The molecule has 4 amide bonds. The quantitative estimate of drug-likeness (QED) is 0.543. The predicted molar refractivity (Wildman–Crippen MR) is 132 cm³/mol. The maximum absolute atomic E-state index is 12.8. The Balaban J connectivity index is 1.25. The van der Waals surface area contributed by atoms with Crippen molar-refractivity contribution >= 4 is 23.7 Å². The van der Waals surface area contributed by atoms with Crippen LogP contribution >= 0.6 is 0 Å². The molecule has 4 rings (SSSR count). The number of hydrogen-bond acceptors (Lipinski definition) is 5. The number of nitrogens with one attached hydrogen (secondary N) is 3. The first-order chi connectivity index (χ1) is 17.0. The lowest BCUT2D eigenvalue weighted by molar-refractivity contribution is 0.0519. The van der Waals surface area contributed by atoms with Gasteiger partial charge in [-0.05, 0) is 56.9 Å². The van der Waals surface area contributed by atoms with Gasteiger partial charge in [-0.25, -0.2) is 19.1 Å². The number of carbonyl (C=O) groups excluding carboxylic acids is 3. The molecule has 0 atom stereocenters. The van der Waals surface area contributed by atoms with E-state index in [2.05, 4.69) is 21.0 Å². The van der Waals surface area contributed by atoms with Crippen LogP contribution in [0.5, 0.6) is 0 Å². The molecule has 2 fully saturated rings. The van der Waals surface area contributed by atoms with Crippen molar-refractivity contribution < 1.29 is 19.1 Å². The molecule has 2 heterocycles. The molecule has 1 saturated heterocycles. The van der Waals surface area contributed by atoms with E-state index >= 15 is 0 Å². The Hall–Kier alpha value is -3.56. The fraction of sp³-hybridized carbons (Fsp3) is 0.520. The Morgan fingerprint density at radius 2 is 1.71 bits per heavy atom. The lowest BCUT2D eigenvalue weighted by Crippen LogP contribution is -2.51. The number of rotatable bonds is 6. The van der Waals surface area contributed by atoms with Crippen LogP contribution in [0.3, 0.4) is 0 Å². The number of esters is 1. The summed E-state index contributed by atoms with van der Waals surface area (Å²) >= 11 is 0. The molecule has 0 bridgehead atoms. The van der Waals surface area contributed by atoms with Crippen LogP contribution in [-0.4, -0.2) is 64.5 Å². The lowest BCUT2D eigenvalue weighted by atomic mass is 9.96. The van der Waals surface area contributed by atoms with Crippen LogP contribution < -0.4 is 16.0 Å². The highest BCUT2D eigenvalue weighted by Gasteiger charge is 2.25. The average molecular weight is 483 g/mol. The van der Waals surface area contributed by atoms with E-state index < -0.39 is 5.97 Å². The zero-order valence-corrected chi connectivity index (χ0v) is 20.2. The summed E-state index contributed by atoms with van der Waals surface area (Å²) in [6.45, 7) is 3.17. The number of amides is 4. The van der Waals surface area contributed by atoms with Crippen LogP contribution in [0, 0.1) is 0 Å². The van der Waals surface area contributed by atoms with Gasteiger partial charge in [0.05, 0.1) is 12.3 Å². The summed E-state index contributed by atoms with van der Waals surface area (Å²) < 4.78 is 6.55. The molecule has 2 aliphatic rings. The van der Waals surface area contributed by atoms with Gasteiger partial charge in [-0.2, -0.15) is 5.10 Å². The van der Waals surface area contributed by atoms with E-state index in [-0.39, 0.29) is 36.4 Å². The molecule has 1 aromatic carbocycles. The number of piperidine rings is 1. The molecule has 3 N–H and O–H groups in total. The molecule has 0 radical (unpaired) electrons. The van der Waals surface area contributed by atoms with Crippen molar-refractivity contribution in [2.45, 2.75) is 64.0 Å². The molecule has 10 heteroatoms. The van der Waals surface area contributed by atoms with Crippen LogP contribution in [0.15, 0.2) is 36.5 Å². The largest absolute Gasteiger partial charge is 0.461 e. The number of carbonyl (C=O) groups is 3. The topological polar surface area (TPSA) is 118 Å². The fourth-order valence-electron chi connectivity index (χ4n) is 4.60. The van der Waals surface area contributed by atoms with Crippen molar-refractivity contribution in [1.29, 1.82) is 0 Å². The Kier molecular flexibility index (Phi) is 8.23. The van der Waals surface area contributed by atoms with E-state index in [1.165, 1.54) is 19.3 Å². The standard InChI is InChI=1S/C25H34N6O4/c1-2-35-23(32)22-13-16-31(29-22)21-10-6-9-20(17-21)28-25(34)30-14-11-19(12-15-30)27-24(33)26-18-7-4-3-5-8-18/h6,9-10,13,16-19H,2-5,7-8,11-12,14-15H2,1H3,(H,28,34)(H2,26,27,33). The minimum Gasteiger partial charge on any atom is -0.461 e. The van der Waals surface area contributed by atoms with Gasteiger partial charge in [0, 0.05) is 37.1 Å². The Morgan fingerprint density at radius 3 is 2.43 bits per heavy atom. The molecule has 10 nitrogen and oxygen atoms in total. The number of aromatic nitrogens is 2. The van der Waals surface area contributed by atoms with E-state index in [0.717, 1.165) is 25.7 Å². The maximum atomic E-state index is 12.8. The molecule has 35 heavy (non-hydrogen) atoms. The first-order valence-corrected chi connectivity index (χ1v) is 12.5. The second kappa shape index (κ2) is 11.7. The van der Waals surface area contributed by atoms with Gasteiger partial charge >= 0.3 is 18.0 Å². The molecule has 1 aliphatic carbocycles. The third-order valence-electron chi connectivity index (χ3n) is 6.49. The highest BCUT2D eigenvalue weighted by molar-refractivity contribution is 5.90. The molecule has 1 aliphatic heterocycles.